The molecule has 1 aliphatic heterocycles. The molecule has 7 heteroatoms. The molecule has 2 atom stereocenters. The first-order chi connectivity index (χ1) is 9.74. The molecule has 2 heterocycles. The molecule has 1 aliphatic rings. The van der Waals surface area contributed by atoms with E-state index in [1.54, 1.807) is 6.20 Å². The Bertz CT molecular complexity index is 497. The lowest BCUT2D eigenvalue weighted by Crippen LogP contribution is -2.51. The van der Waals surface area contributed by atoms with Crippen molar-refractivity contribution in [3.05, 3.63) is 6.20 Å². The first-order valence-electron chi connectivity index (χ1n) is 7.19. The van der Waals surface area contributed by atoms with Crippen molar-refractivity contribution in [2.75, 3.05) is 23.7 Å². The van der Waals surface area contributed by atoms with Crippen molar-refractivity contribution in [2.24, 2.45) is 5.92 Å². The Balaban J connectivity index is 1.98. The molecule has 1 aromatic heterocycles. The molecule has 1 saturated heterocycles. The highest BCUT2D eigenvalue weighted by molar-refractivity contribution is 7.10. The number of nitrogens with one attached hydrogen (secondary N) is 1. The number of piperidine rings is 1. The summed E-state index contributed by atoms with van der Waals surface area (Å²) in [5, 5.41) is 3.94. The summed E-state index contributed by atoms with van der Waals surface area (Å²) in [6, 6.07) is 0.0603. The van der Waals surface area contributed by atoms with E-state index in [0.29, 0.717) is 11.6 Å². The van der Waals surface area contributed by atoms with Crippen LogP contribution in [0, 0.1) is 5.92 Å². The molecule has 6 nitrogen and oxygen atoms in total. The summed E-state index contributed by atoms with van der Waals surface area (Å²) in [6.07, 6.45) is 2.25. The summed E-state index contributed by atoms with van der Waals surface area (Å²) in [4.78, 5) is 14.1. The van der Waals surface area contributed by atoms with Crippen LogP contribution in [-0.4, -0.2) is 35.2 Å². The van der Waals surface area contributed by atoms with Crippen LogP contribution in [0.5, 0.6) is 0 Å². The zero-order valence-electron chi connectivity index (χ0n) is 13.0. The number of nitrogens with zero attached hydrogens (tertiary/aromatic N) is 2. The van der Waals surface area contributed by atoms with E-state index < -0.39 is 5.60 Å². The van der Waals surface area contributed by atoms with Crippen LogP contribution in [-0.2, 0) is 4.74 Å². The lowest BCUT2D eigenvalue weighted by molar-refractivity contribution is 0.0495. The Hall–Kier alpha value is -1.50. The lowest BCUT2D eigenvalue weighted by atomic mass is 9.96. The van der Waals surface area contributed by atoms with E-state index in [1.165, 1.54) is 11.5 Å². The number of alkyl carbamates (subject to hydrolysis) is 1. The van der Waals surface area contributed by atoms with Crippen LogP contribution in [0.25, 0.3) is 0 Å². The molecule has 0 saturated carbocycles. The number of carbonyl (C=O) groups excluding carboxylic acids is 1. The number of aromatic nitrogens is 1. The van der Waals surface area contributed by atoms with Crippen LogP contribution < -0.4 is 16.0 Å². The SMILES string of the molecule is C[C@@H]1CC(NC(=O)OC(C)(C)C)CN(c2sncc2N)C1. The van der Waals surface area contributed by atoms with Crippen LogP contribution in [0.15, 0.2) is 6.20 Å². The third kappa shape index (κ3) is 4.49. The van der Waals surface area contributed by atoms with Gasteiger partial charge in [0.15, 0.2) is 0 Å². The number of ether oxygens (including phenoxy) is 1. The number of carbonyl (C=O) groups is 1. The molecule has 0 bridgehead atoms. The van der Waals surface area contributed by atoms with Gasteiger partial charge in [0.1, 0.15) is 10.6 Å². The number of anilines is 2. The molecular weight excluding hydrogens is 288 g/mol. The van der Waals surface area contributed by atoms with Gasteiger partial charge in [-0.3, -0.25) is 0 Å². The van der Waals surface area contributed by atoms with Crippen LogP contribution in [0.1, 0.15) is 34.1 Å². The summed E-state index contributed by atoms with van der Waals surface area (Å²) in [6.45, 7) is 9.42. The molecule has 1 fully saturated rings. The highest BCUT2D eigenvalue weighted by Gasteiger charge is 2.29. The Morgan fingerprint density at radius 3 is 2.81 bits per heavy atom. The molecule has 0 spiro atoms. The van der Waals surface area contributed by atoms with Gasteiger partial charge in [0.05, 0.1) is 17.9 Å². The van der Waals surface area contributed by atoms with Gasteiger partial charge >= 0.3 is 6.09 Å². The first-order valence-corrected chi connectivity index (χ1v) is 7.96. The topological polar surface area (TPSA) is 80.5 Å². The molecular formula is C14H24N4O2S. The fourth-order valence-electron chi connectivity index (χ4n) is 2.58. The number of nitrogen functional groups attached to an aromatic ring is 1. The standard InChI is InChI=1S/C14H24N4O2S/c1-9-5-10(17-13(19)20-14(2,3)4)8-18(7-9)12-11(15)6-16-21-12/h6,9-10H,5,7-8,15H2,1-4H3,(H,17,19)/t9-,10?/m1/s1. The molecule has 21 heavy (non-hydrogen) atoms. The van der Waals surface area contributed by atoms with Crippen LogP contribution in [0.3, 0.4) is 0 Å². The second-order valence-electron chi connectivity index (χ2n) is 6.68. The average Bonchev–Trinajstić information content (AvgIpc) is 2.71. The van der Waals surface area contributed by atoms with Crippen molar-refractivity contribution in [2.45, 2.75) is 45.8 Å². The fraction of sp³-hybridized carbons (Fsp3) is 0.714. The maximum absolute atomic E-state index is 11.9. The summed E-state index contributed by atoms with van der Waals surface area (Å²) >= 11 is 1.40. The molecule has 118 valence electrons. The minimum Gasteiger partial charge on any atom is -0.444 e. The normalized spacial score (nSPS) is 23.0. The Morgan fingerprint density at radius 2 is 2.24 bits per heavy atom. The Kier molecular flexibility index (Phi) is 4.61. The highest BCUT2D eigenvalue weighted by Crippen LogP contribution is 2.31. The van der Waals surface area contributed by atoms with Gasteiger partial charge in [-0.25, -0.2) is 4.79 Å². The Labute approximate surface area is 129 Å². The predicted molar refractivity (Wildman–Crippen MR) is 85.7 cm³/mol. The van der Waals surface area contributed by atoms with Gasteiger partial charge in [-0.1, -0.05) is 6.92 Å². The van der Waals surface area contributed by atoms with Crippen LogP contribution >= 0.6 is 11.5 Å². The fourth-order valence-corrected chi connectivity index (χ4v) is 3.27. The van der Waals surface area contributed by atoms with Crippen LogP contribution in [0.4, 0.5) is 15.5 Å². The zero-order chi connectivity index (χ0) is 15.6. The maximum Gasteiger partial charge on any atom is 0.407 e. The monoisotopic (exact) mass is 312 g/mol. The smallest absolute Gasteiger partial charge is 0.407 e. The van der Waals surface area contributed by atoms with E-state index >= 15 is 0 Å². The molecule has 0 aliphatic carbocycles. The number of hydrogen-bond acceptors (Lipinski definition) is 6. The molecule has 0 aromatic carbocycles. The molecule has 2 rings (SSSR count). The summed E-state index contributed by atoms with van der Waals surface area (Å²) < 4.78 is 9.44. The van der Waals surface area contributed by atoms with Crippen molar-refractivity contribution < 1.29 is 9.53 Å². The van der Waals surface area contributed by atoms with Crippen molar-refractivity contribution in [3.63, 3.8) is 0 Å². The highest BCUT2D eigenvalue weighted by atomic mass is 32.1. The van der Waals surface area contributed by atoms with Crippen molar-refractivity contribution >= 4 is 28.3 Å². The second kappa shape index (κ2) is 6.09. The van der Waals surface area contributed by atoms with E-state index in [2.05, 4.69) is 21.5 Å². The van der Waals surface area contributed by atoms with E-state index in [-0.39, 0.29) is 12.1 Å². The number of amides is 1. The predicted octanol–water partition coefficient (Wildman–Crippen LogP) is 2.46. The lowest BCUT2D eigenvalue weighted by Gasteiger charge is -2.37. The summed E-state index contributed by atoms with van der Waals surface area (Å²) in [5.74, 6) is 0.472. The second-order valence-corrected chi connectivity index (χ2v) is 7.46. The largest absolute Gasteiger partial charge is 0.444 e. The van der Waals surface area contributed by atoms with Crippen molar-refractivity contribution in [3.8, 4) is 0 Å². The van der Waals surface area contributed by atoms with Crippen molar-refractivity contribution in [1.29, 1.82) is 0 Å². The maximum atomic E-state index is 11.9. The summed E-state index contributed by atoms with van der Waals surface area (Å²) in [5.41, 5.74) is 6.16. The van der Waals surface area contributed by atoms with Gasteiger partial charge in [0.25, 0.3) is 0 Å². The minimum atomic E-state index is -0.480. The van der Waals surface area contributed by atoms with E-state index in [9.17, 15) is 4.79 Å². The average molecular weight is 312 g/mol. The van der Waals surface area contributed by atoms with E-state index in [1.807, 2.05) is 20.8 Å². The molecule has 0 radical (unpaired) electrons. The molecule has 1 aromatic rings. The van der Waals surface area contributed by atoms with Gasteiger partial charge < -0.3 is 20.7 Å². The number of hydrogen-bond donors (Lipinski definition) is 2. The molecule has 1 unspecified atom stereocenters. The van der Waals surface area contributed by atoms with Crippen molar-refractivity contribution in [1.82, 2.24) is 9.69 Å². The quantitative estimate of drug-likeness (QED) is 0.877. The number of nitrogens with two attached hydrogens (primary N) is 1. The van der Waals surface area contributed by atoms with E-state index in [0.717, 1.165) is 24.5 Å². The van der Waals surface area contributed by atoms with Crippen LogP contribution in [0.2, 0.25) is 0 Å². The summed E-state index contributed by atoms with van der Waals surface area (Å²) in [7, 11) is 0. The van der Waals surface area contributed by atoms with Gasteiger partial charge in [0, 0.05) is 13.1 Å². The molecule has 3 N–H and O–H groups in total. The first kappa shape index (κ1) is 15.9. The number of rotatable bonds is 2. The van der Waals surface area contributed by atoms with E-state index in [4.69, 9.17) is 10.5 Å². The third-order valence-corrected chi connectivity index (χ3v) is 4.12. The zero-order valence-corrected chi connectivity index (χ0v) is 13.9. The molecule has 1 amide bonds. The van der Waals surface area contributed by atoms with Gasteiger partial charge in [-0.05, 0) is 44.6 Å². The Morgan fingerprint density at radius 1 is 1.52 bits per heavy atom. The van der Waals surface area contributed by atoms with Gasteiger partial charge in [0.2, 0.25) is 0 Å². The third-order valence-electron chi connectivity index (χ3n) is 3.25. The van der Waals surface area contributed by atoms with Gasteiger partial charge in [-0.2, -0.15) is 4.37 Å². The minimum absolute atomic E-state index is 0.0603. The van der Waals surface area contributed by atoms with Gasteiger partial charge in [-0.15, -0.1) is 0 Å².